The van der Waals surface area contributed by atoms with Crippen LogP contribution in [0.2, 0.25) is 0 Å². The maximum atomic E-state index is 13.9. The molecule has 0 aliphatic carbocycles. The van der Waals surface area contributed by atoms with Gasteiger partial charge < -0.3 is 19.7 Å². The van der Waals surface area contributed by atoms with E-state index in [1.165, 1.54) is 13.2 Å². The predicted octanol–water partition coefficient (Wildman–Crippen LogP) is 1.82. The number of hydrogen-bond donors (Lipinski definition) is 1. The zero-order chi connectivity index (χ0) is 14.5. The van der Waals surface area contributed by atoms with Crippen molar-refractivity contribution in [3.8, 4) is 5.75 Å². The zero-order valence-electron chi connectivity index (χ0n) is 12.4. The van der Waals surface area contributed by atoms with Crippen LogP contribution in [0.15, 0.2) is 18.2 Å². The van der Waals surface area contributed by atoms with Crippen molar-refractivity contribution < 1.29 is 13.9 Å². The smallest absolute Gasteiger partial charge is 0.165 e. The first-order valence-electron chi connectivity index (χ1n) is 7.02. The monoisotopic (exact) mass is 282 g/mol. The van der Waals surface area contributed by atoms with Gasteiger partial charge >= 0.3 is 0 Å². The number of benzene rings is 1. The van der Waals surface area contributed by atoms with Crippen LogP contribution >= 0.6 is 0 Å². The zero-order valence-corrected chi connectivity index (χ0v) is 12.4. The largest absolute Gasteiger partial charge is 0.494 e. The van der Waals surface area contributed by atoms with Crippen molar-refractivity contribution in [1.29, 1.82) is 0 Å². The van der Waals surface area contributed by atoms with E-state index < -0.39 is 0 Å². The Kier molecular flexibility index (Phi) is 5.34. The second-order valence-electron chi connectivity index (χ2n) is 5.10. The van der Waals surface area contributed by atoms with Gasteiger partial charge in [0.15, 0.2) is 11.6 Å². The highest BCUT2D eigenvalue weighted by atomic mass is 19.1. The van der Waals surface area contributed by atoms with E-state index in [2.05, 4.69) is 17.3 Å². The molecule has 20 heavy (non-hydrogen) atoms. The molecule has 0 aromatic heterocycles. The molecule has 5 heteroatoms. The van der Waals surface area contributed by atoms with Gasteiger partial charge in [-0.1, -0.05) is 13.0 Å². The first-order chi connectivity index (χ1) is 9.65. The Labute approximate surface area is 119 Å². The number of nitrogens with zero attached hydrogens (tertiary/aromatic N) is 1. The van der Waals surface area contributed by atoms with Crippen molar-refractivity contribution in [2.45, 2.75) is 19.1 Å². The van der Waals surface area contributed by atoms with E-state index in [1.807, 2.05) is 13.0 Å². The van der Waals surface area contributed by atoms with Crippen molar-refractivity contribution >= 4 is 0 Å². The van der Waals surface area contributed by atoms with Crippen LogP contribution < -0.4 is 10.1 Å². The summed E-state index contributed by atoms with van der Waals surface area (Å²) >= 11 is 0. The molecule has 0 saturated carbocycles. The quantitative estimate of drug-likeness (QED) is 0.893. The third-order valence-electron chi connectivity index (χ3n) is 3.63. The van der Waals surface area contributed by atoms with E-state index in [0.29, 0.717) is 6.61 Å². The lowest BCUT2D eigenvalue weighted by Crippen LogP contribution is -2.46. The molecule has 1 aromatic rings. The van der Waals surface area contributed by atoms with Crippen molar-refractivity contribution in [3.63, 3.8) is 0 Å². The summed E-state index contributed by atoms with van der Waals surface area (Å²) in [7, 11) is 3.55. The minimum Gasteiger partial charge on any atom is -0.494 e. The van der Waals surface area contributed by atoms with Gasteiger partial charge in [0, 0.05) is 13.1 Å². The first-order valence-corrected chi connectivity index (χ1v) is 7.02. The van der Waals surface area contributed by atoms with Gasteiger partial charge in [0.05, 0.1) is 25.9 Å². The van der Waals surface area contributed by atoms with E-state index in [9.17, 15) is 4.39 Å². The molecular formula is C15H23FN2O2. The van der Waals surface area contributed by atoms with Crippen LogP contribution in [-0.4, -0.2) is 51.4 Å². The van der Waals surface area contributed by atoms with Gasteiger partial charge in [0.1, 0.15) is 0 Å². The number of rotatable bonds is 5. The second-order valence-corrected chi connectivity index (χ2v) is 5.10. The molecule has 1 saturated heterocycles. The lowest BCUT2D eigenvalue weighted by Gasteiger charge is -2.35. The molecule has 0 spiro atoms. The number of methoxy groups -OCH3 is 1. The van der Waals surface area contributed by atoms with Gasteiger partial charge in [-0.05, 0) is 31.3 Å². The lowest BCUT2D eigenvalue weighted by atomic mass is 9.99. The van der Waals surface area contributed by atoms with Crippen LogP contribution in [0.1, 0.15) is 18.5 Å². The van der Waals surface area contributed by atoms with E-state index >= 15 is 0 Å². The van der Waals surface area contributed by atoms with E-state index in [1.54, 1.807) is 6.07 Å². The molecule has 2 unspecified atom stereocenters. The molecule has 0 bridgehead atoms. The highest BCUT2D eigenvalue weighted by Crippen LogP contribution is 2.26. The fraction of sp³-hybridized carbons (Fsp3) is 0.600. The Hall–Kier alpha value is -1.17. The summed E-state index contributed by atoms with van der Waals surface area (Å²) in [4.78, 5) is 2.23. The van der Waals surface area contributed by atoms with Crippen LogP contribution in [0.5, 0.6) is 5.75 Å². The average molecular weight is 282 g/mol. The molecule has 1 aliphatic heterocycles. The third kappa shape index (κ3) is 3.48. The minimum atomic E-state index is -0.336. The summed E-state index contributed by atoms with van der Waals surface area (Å²) in [6.45, 7) is 5.33. The molecule has 1 fully saturated rings. The fourth-order valence-corrected chi connectivity index (χ4v) is 2.57. The molecule has 4 nitrogen and oxygen atoms in total. The van der Waals surface area contributed by atoms with E-state index in [-0.39, 0.29) is 23.7 Å². The molecule has 1 heterocycles. The molecule has 2 atom stereocenters. The van der Waals surface area contributed by atoms with Gasteiger partial charge in [-0.15, -0.1) is 0 Å². The number of ether oxygens (including phenoxy) is 2. The summed E-state index contributed by atoms with van der Waals surface area (Å²) in [6, 6.07) is 5.09. The van der Waals surface area contributed by atoms with Crippen molar-refractivity contribution in [1.82, 2.24) is 10.2 Å². The van der Waals surface area contributed by atoms with Crippen LogP contribution in [0.25, 0.3) is 0 Å². The van der Waals surface area contributed by atoms with Gasteiger partial charge in [-0.25, -0.2) is 4.39 Å². The Morgan fingerprint density at radius 3 is 2.95 bits per heavy atom. The summed E-state index contributed by atoms with van der Waals surface area (Å²) in [5, 5.41) is 3.39. The third-order valence-corrected chi connectivity index (χ3v) is 3.63. The molecular weight excluding hydrogens is 259 g/mol. The summed E-state index contributed by atoms with van der Waals surface area (Å²) in [6.07, 6.45) is 0.0292. The minimum absolute atomic E-state index is 0.0110. The summed E-state index contributed by atoms with van der Waals surface area (Å²) in [5.74, 6) is -0.0669. The maximum Gasteiger partial charge on any atom is 0.165 e. The number of likely N-dealkylation sites (N-methyl/N-ethyl adjacent to an activating group) is 2. The van der Waals surface area contributed by atoms with E-state index in [0.717, 1.165) is 25.2 Å². The fourth-order valence-electron chi connectivity index (χ4n) is 2.57. The van der Waals surface area contributed by atoms with Gasteiger partial charge in [-0.2, -0.15) is 0 Å². The number of nitrogens with one attached hydrogen (secondary N) is 1. The Morgan fingerprint density at radius 1 is 1.55 bits per heavy atom. The van der Waals surface area contributed by atoms with Crippen LogP contribution in [0.4, 0.5) is 4.39 Å². The van der Waals surface area contributed by atoms with Gasteiger partial charge in [-0.3, -0.25) is 0 Å². The van der Waals surface area contributed by atoms with Crippen molar-refractivity contribution in [2.24, 2.45) is 0 Å². The molecule has 2 rings (SSSR count). The molecule has 1 aliphatic rings. The SMILES string of the molecule is CCNC(c1ccc(OC)c(F)c1)C1CN(C)CCO1. The van der Waals surface area contributed by atoms with Crippen LogP contribution in [-0.2, 0) is 4.74 Å². The Bertz CT molecular complexity index is 442. The molecule has 1 N–H and O–H groups in total. The number of morpholine rings is 1. The van der Waals surface area contributed by atoms with Crippen molar-refractivity contribution in [2.75, 3.05) is 40.4 Å². The summed E-state index contributed by atoms with van der Waals surface area (Å²) in [5.41, 5.74) is 0.894. The maximum absolute atomic E-state index is 13.9. The first kappa shape index (κ1) is 15.2. The van der Waals surface area contributed by atoms with E-state index in [4.69, 9.17) is 9.47 Å². The highest BCUT2D eigenvalue weighted by molar-refractivity contribution is 5.31. The topological polar surface area (TPSA) is 33.7 Å². The molecule has 0 amide bonds. The highest BCUT2D eigenvalue weighted by Gasteiger charge is 2.28. The molecule has 1 aromatic carbocycles. The Morgan fingerprint density at radius 2 is 2.35 bits per heavy atom. The lowest BCUT2D eigenvalue weighted by molar-refractivity contribution is -0.0390. The second kappa shape index (κ2) is 7.02. The van der Waals surface area contributed by atoms with Gasteiger partial charge in [0.2, 0.25) is 0 Å². The van der Waals surface area contributed by atoms with Gasteiger partial charge in [0.25, 0.3) is 0 Å². The van der Waals surface area contributed by atoms with Crippen LogP contribution in [0, 0.1) is 5.82 Å². The number of hydrogen-bond acceptors (Lipinski definition) is 4. The molecule has 0 radical (unpaired) electrons. The average Bonchev–Trinajstić information content (AvgIpc) is 2.44. The van der Waals surface area contributed by atoms with Crippen LogP contribution in [0.3, 0.4) is 0 Å². The molecule has 112 valence electrons. The Balaban J connectivity index is 2.21. The van der Waals surface area contributed by atoms with Crippen molar-refractivity contribution in [3.05, 3.63) is 29.6 Å². The standard InChI is InChI=1S/C15H23FN2O2/c1-4-17-15(14-10-18(2)7-8-20-14)11-5-6-13(19-3)12(16)9-11/h5-6,9,14-15,17H,4,7-8,10H2,1-3H3. The predicted molar refractivity (Wildman–Crippen MR) is 76.6 cm³/mol. The number of halogens is 1. The normalized spacial score (nSPS) is 21.7. The summed E-state index contributed by atoms with van der Waals surface area (Å²) < 4.78 is 24.7.